The van der Waals surface area contributed by atoms with Crippen molar-refractivity contribution < 1.29 is 18.4 Å². The van der Waals surface area contributed by atoms with E-state index >= 15 is 8.78 Å². The van der Waals surface area contributed by atoms with Crippen LogP contribution in [-0.4, -0.2) is 33.7 Å². The molecule has 250 valence electrons. The van der Waals surface area contributed by atoms with Gasteiger partial charge in [-0.2, -0.15) is 0 Å². The third-order valence-corrected chi connectivity index (χ3v) is 9.45. The minimum absolute atomic E-state index is 0.286. The van der Waals surface area contributed by atoms with Crippen molar-refractivity contribution in [2.75, 3.05) is 19.0 Å². The number of hydrogen-bond donors (Lipinski definition) is 2. The second kappa shape index (κ2) is 14.8. The van der Waals surface area contributed by atoms with Crippen LogP contribution < -0.4 is 22.0 Å². The van der Waals surface area contributed by atoms with Gasteiger partial charge in [-0.1, -0.05) is 73.7 Å². The lowest BCUT2D eigenvalue weighted by Crippen LogP contribution is -2.39. The molecule has 2 N–H and O–H groups in total. The Hall–Kier alpha value is -5.43. The van der Waals surface area contributed by atoms with E-state index in [1.807, 2.05) is 37.3 Å². The molecule has 0 fully saturated rings. The number of fused-ring (bicyclic) bond motifs is 1. The van der Waals surface area contributed by atoms with Gasteiger partial charge in [-0.3, -0.25) is 19.1 Å². The summed E-state index contributed by atoms with van der Waals surface area (Å²) in [7, 11) is 1.33. The number of urea groups is 1. The number of para-hydroxylation sites is 1. The summed E-state index contributed by atoms with van der Waals surface area (Å²) in [5.41, 5.74) is 3.99. The number of rotatable bonds is 11. The summed E-state index contributed by atoms with van der Waals surface area (Å²) in [6.07, 6.45) is 0. The van der Waals surface area contributed by atoms with E-state index in [1.54, 1.807) is 54.6 Å². The molecule has 0 saturated heterocycles. The number of nitrogens with one attached hydrogen (secondary N) is 2. The molecule has 0 spiro atoms. The summed E-state index contributed by atoms with van der Waals surface area (Å²) in [6, 6.07) is 28.5. The fourth-order valence-electron chi connectivity index (χ4n) is 5.74. The van der Waals surface area contributed by atoms with Crippen LogP contribution in [0.25, 0.3) is 26.3 Å². The highest BCUT2D eigenvalue weighted by atomic mass is 32.1. The molecule has 4 aromatic carbocycles. The predicted octanol–water partition coefficient (Wildman–Crippen LogP) is 6.91. The van der Waals surface area contributed by atoms with Crippen LogP contribution >= 0.6 is 11.3 Å². The summed E-state index contributed by atoms with van der Waals surface area (Å²) >= 11 is 1.21. The van der Waals surface area contributed by atoms with E-state index in [0.717, 1.165) is 27.8 Å². The number of benzene rings is 4. The van der Waals surface area contributed by atoms with Gasteiger partial charge in [-0.15, -0.1) is 11.3 Å². The number of nitrogens with zero attached hydrogens (tertiary/aromatic N) is 3. The molecule has 6 rings (SSSR count). The summed E-state index contributed by atoms with van der Waals surface area (Å²) in [6.45, 7) is 3.18. The molecular weight excluding hydrogens is 649 g/mol. The van der Waals surface area contributed by atoms with Gasteiger partial charge in [0, 0.05) is 29.2 Å². The Labute approximate surface area is 284 Å². The van der Waals surface area contributed by atoms with Crippen molar-refractivity contribution in [1.29, 1.82) is 0 Å². The van der Waals surface area contributed by atoms with E-state index in [9.17, 15) is 14.4 Å². The van der Waals surface area contributed by atoms with E-state index in [4.69, 9.17) is 0 Å². The number of carbonyl (C=O) groups excluding carboxylic acids is 1. The summed E-state index contributed by atoms with van der Waals surface area (Å²) in [4.78, 5) is 48.7. The van der Waals surface area contributed by atoms with E-state index in [-0.39, 0.29) is 10.9 Å². The number of thiophene rings is 1. The molecule has 9 nitrogen and oxygen atoms in total. The van der Waals surface area contributed by atoms with Gasteiger partial charge in [0.25, 0.3) is 5.56 Å². The van der Waals surface area contributed by atoms with Gasteiger partial charge in [0.1, 0.15) is 16.5 Å². The van der Waals surface area contributed by atoms with Crippen LogP contribution in [-0.2, 0) is 24.5 Å². The van der Waals surface area contributed by atoms with Crippen molar-refractivity contribution in [3.63, 3.8) is 0 Å². The zero-order chi connectivity index (χ0) is 34.5. The van der Waals surface area contributed by atoms with Crippen LogP contribution in [0, 0.1) is 11.6 Å². The normalized spacial score (nSPS) is 11.3. The Kier molecular flexibility index (Phi) is 10.1. The van der Waals surface area contributed by atoms with Crippen molar-refractivity contribution in [2.45, 2.75) is 26.6 Å². The van der Waals surface area contributed by atoms with Gasteiger partial charge in [0.2, 0.25) is 0 Å². The number of hydrogen-bond acceptors (Lipinski definition) is 6. The molecule has 12 heteroatoms. The van der Waals surface area contributed by atoms with Crippen LogP contribution in [0.4, 0.5) is 19.3 Å². The molecule has 0 radical (unpaired) electrons. The van der Waals surface area contributed by atoms with Crippen LogP contribution in [0.15, 0.2) is 113 Å². The molecule has 0 aliphatic carbocycles. The second-order valence-electron chi connectivity index (χ2n) is 11.3. The molecule has 0 aliphatic rings. The minimum atomic E-state index is -0.796. The van der Waals surface area contributed by atoms with Crippen molar-refractivity contribution in [3.05, 3.63) is 152 Å². The molecule has 2 aromatic heterocycles. The molecule has 49 heavy (non-hydrogen) atoms. The highest BCUT2D eigenvalue weighted by Crippen LogP contribution is 2.39. The number of halogens is 2. The molecule has 6 aromatic rings. The number of hydroxylamine groups is 1. The molecule has 0 saturated carbocycles. The maximum atomic E-state index is 15.1. The van der Waals surface area contributed by atoms with Gasteiger partial charge in [-0.05, 0) is 59.6 Å². The summed E-state index contributed by atoms with van der Waals surface area (Å²) < 4.78 is 32.4. The Morgan fingerprint density at radius 2 is 1.49 bits per heavy atom. The van der Waals surface area contributed by atoms with Crippen LogP contribution in [0.3, 0.4) is 0 Å². The first-order chi connectivity index (χ1) is 23.8. The third-order valence-electron chi connectivity index (χ3n) is 8.14. The largest absolute Gasteiger partial charge is 0.343 e. The summed E-state index contributed by atoms with van der Waals surface area (Å²) in [5, 5.41) is 2.96. The number of amides is 2. The zero-order valence-corrected chi connectivity index (χ0v) is 27.6. The van der Waals surface area contributed by atoms with Crippen LogP contribution in [0.2, 0.25) is 0 Å². The van der Waals surface area contributed by atoms with Gasteiger partial charge >= 0.3 is 11.7 Å². The van der Waals surface area contributed by atoms with Gasteiger partial charge in [0.05, 0.1) is 24.7 Å². The predicted molar refractivity (Wildman–Crippen MR) is 188 cm³/mol. The van der Waals surface area contributed by atoms with Gasteiger partial charge in [-0.25, -0.2) is 28.4 Å². The first kappa shape index (κ1) is 33.5. The highest BCUT2D eigenvalue weighted by Gasteiger charge is 2.26. The number of carbonyl (C=O) groups is 1. The van der Waals surface area contributed by atoms with E-state index < -0.39 is 35.5 Å². The Balaban J connectivity index is 1.60. The molecule has 0 aliphatic heterocycles. The van der Waals surface area contributed by atoms with Crippen molar-refractivity contribution in [3.8, 4) is 16.1 Å². The average molecular weight is 682 g/mol. The first-order valence-electron chi connectivity index (χ1n) is 15.5. The van der Waals surface area contributed by atoms with E-state index in [0.29, 0.717) is 46.3 Å². The SMILES string of the molecule is CCN(Cc1ccccc1)Cc1c(-c2ccc(NC(=O)NOC)cc2)sc2c1c(=O)n(-c1ccccc1)c(=O)n2Cc1c(F)cccc1F. The Morgan fingerprint density at radius 1 is 0.837 bits per heavy atom. The molecule has 2 heterocycles. The minimum Gasteiger partial charge on any atom is -0.306 e. The second-order valence-corrected chi connectivity index (χ2v) is 12.3. The van der Waals surface area contributed by atoms with Crippen molar-refractivity contribution in [1.82, 2.24) is 19.5 Å². The van der Waals surface area contributed by atoms with Crippen LogP contribution in [0.5, 0.6) is 0 Å². The fraction of sp³-hybridized carbons (Fsp3) is 0.162. The molecule has 0 bridgehead atoms. The third kappa shape index (κ3) is 7.07. The quantitative estimate of drug-likeness (QED) is 0.145. The first-order valence-corrected chi connectivity index (χ1v) is 16.4. The molecule has 2 amide bonds. The number of aromatic nitrogens is 2. The van der Waals surface area contributed by atoms with Crippen molar-refractivity contribution in [2.24, 2.45) is 0 Å². The van der Waals surface area contributed by atoms with Crippen LogP contribution in [0.1, 0.15) is 23.6 Å². The Morgan fingerprint density at radius 3 is 2.12 bits per heavy atom. The fourth-order valence-corrected chi connectivity index (χ4v) is 7.04. The lowest BCUT2D eigenvalue weighted by atomic mass is 10.1. The lowest BCUT2D eigenvalue weighted by molar-refractivity contribution is 0.114. The van der Waals surface area contributed by atoms with E-state index in [2.05, 4.69) is 20.5 Å². The molecular formula is C37H33F2N5O4S. The lowest BCUT2D eigenvalue weighted by Gasteiger charge is -2.21. The zero-order valence-electron chi connectivity index (χ0n) is 26.8. The number of anilines is 1. The van der Waals surface area contributed by atoms with Crippen molar-refractivity contribution >= 4 is 33.3 Å². The topological polar surface area (TPSA) is 97.6 Å². The Bertz CT molecular complexity index is 2200. The standard InChI is InChI=1S/C37H33F2N5O4S/c1-3-42(21-24-11-6-4-7-12-24)22-29-32-34(45)44(27-13-8-5-9-14-27)37(47)43(23-28-30(38)15-10-16-31(28)39)35(32)49-33(29)25-17-19-26(20-18-25)40-36(46)41-48-2/h4-20H,3,21-23H2,1-2H3,(H2,40,41,46). The monoisotopic (exact) mass is 681 g/mol. The smallest absolute Gasteiger partial charge is 0.306 e. The van der Waals surface area contributed by atoms with Gasteiger partial charge in [0.15, 0.2) is 0 Å². The molecule has 0 unspecified atom stereocenters. The van der Waals surface area contributed by atoms with Gasteiger partial charge < -0.3 is 5.32 Å². The van der Waals surface area contributed by atoms with E-state index in [1.165, 1.54) is 29.1 Å². The average Bonchev–Trinajstić information content (AvgIpc) is 3.48. The maximum Gasteiger partial charge on any atom is 0.343 e. The summed E-state index contributed by atoms with van der Waals surface area (Å²) in [5.74, 6) is -1.59. The maximum absolute atomic E-state index is 15.1. The molecule has 0 atom stereocenters. The highest BCUT2D eigenvalue weighted by molar-refractivity contribution is 7.22.